The number of hydrazine groups is 1. The number of amides is 1. The van der Waals surface area contributed by atoms with Crippen molar-refractivity contribution < 1.29 is 13.2 Å². The molecule has 1 aliphatic heterocycles. The Morgan fingerprint density at radius 1 is 1.23 bits per heavy atom. The Hall–Kier alpha value is -2.20. The second-order valence-corrected chi connectivity index (χ2v) is 10.7. The molecule has 2 N–H and O–H groups in total. The summed E-state index contributed by atoms with van der Waals surface area (Å²) >= 11 is 7.50. The Morgan fingerprint density at radius 3 is 2.71 bits per heavy atom. The van der Waals surface area contributed by atoms with Gasteiger partial charge in [0.05, 0.1) is 14.6 Å². The summed E-state index contributed by atoms with van der Waals surface area (Å²) < 4.78 is 28.6. The van der Waals surface area contributed by atoms with Crippen LogP contribution in [-0.4, -0.2) is 36.2 Å². The molecule has 10 heteroatoms. The number of hydrogen-bond donors (Lipinski definition) is 2. The quantitative estimate of drug-likeness (QED) is 0.503. The smallest absolute Gasteiger partial charge is 0.269 e. The highest BCUT2D eigenvalue weighted by atomic mass is 35.5. The number of fused-ring (bicyclic) bond motifs is 1. The number of anilines is 1. The van der Waals surface area contributed by atoms with E-state index in [9.17, 15) is 13.2 Å². The number of carbonyl (C=O) groups is 1. The number of carbonyl (C=O) groups excluding carboxylic acids is 1. The van der Waals surface area contributed by atoms with Crippen LogP contribution in [0, 0.1) is 0 Å². The van der Waals surface area contributed by atoms with Crippen LogP contribution in [0.4, 0.5) is 5.13 Å². The van der Waals surface area contributed by atoms with Crippen molar-refractivity contribution in [3.63, 3.8) is 0 Å². The Balaban J connectivity index is 1.44. The van der Waals surface area contributed by atoms with Gasteiger partial charge in [-0.05, 0) is 55.7 Å². The first-order valence-electron chi connectivity index (χ1n) is 10.1. The van der Waals surface area contributed by atoms with Crippen molar-refractivity contribution in [2.75, 3.05) is 12.0 Å². The molecule has 1 aromatic heterocycles. The summed E-state index contributed by atoms with van der Waals surface area (Å²) in [5.41, 5.74) is 6.40. The molecule has 2 aromatic carbocycles. The van der Waals surface area contributed by atoms with E-state index in [1.807, 2.05) is 19.1 Å². The maximum Gasteiger partial charge on any atom is 0.269 e. The van der Waals surface area contributed by atoms with Crippen LogP contribution in [0.2, 0.25) is 5.02 Å². The Bertz CT molecular complexity index is 1200. The number of para-hydroxylation sites is 1. The number of sulfonamides is 1. The van der Waals surface area contributed by atoms with Crippen LogP contribution in [-0.2, 0) is 10.0 Å². The molecule has 0 aliphatic carbocycles. The van der Waals surface area contributed by atoms with Crippen LogP contribution >= 0.6 is 22.9 Å². The second-order valence-electron chi connectivity index (χ2n) is 7.38. The van der Waals surface area contributed by atoms with Crippen LogP contribution in [0.5, 0.6) is 0 Å². The van der Waals surface area contributed by atoms with Gasteiger partial charge >= 0.3 is 0 Å². The topological polar surface area (TPSA) is 91.4 Å². The third-order valence-corrected chi connectivity index (χ3v) is 8.63. The zero-order valence-electron chi connectivity index (χ0n) is 17.0. The monoisotopic (exact) mass is 478 g/mol. The molecular formula is C21H23ClN4O3S2. The SMILES string of the molecule is CC[C@@H]1CCCCN1S(=O)(=O)c1ccc(C(=O)NNc2nc3c(Cl)cccc3s2)cc1. The number of benzene rings is 2. The molecule has 164 valence electrons. The summed E-state index contributed by atoms with van der Waals surface area (Å²) in [7, 11) is -3.57. The molecular weight excluding hydrogens is 456 g/mol. The number of hydrogen-bond acceptors (Lipinski definition) is 6. The zero-order valence-corrected chi connectivity index (χ0v) is 19.4. The summed E-state index contributed by atoms with van der Waals surface area (Å²) in [6.45, 7) is 2.55. The van der Waals surface area contributed by atoms with Gasteiger partial charge in [-0.15, -0.1) is 0 Å². The lowest BCUT2D eigenvalue weighted by atomic mass is 10.0. The molecule has 31 heavy (non-hydrogen) atoms. The number of aromatic nitrogens is 1. The summed E-state index contributed by atoms with van der Waals surface area (Å²) in [6.07, 6.45) is 3.61. The van der Waals surface area contributed by atoms with E-state index < -0.39 is 15.9 Å². The summed E-state index contributed by atoms with van der Waals surface area (Å²) in [5.74, 6) is -0.390. The average molecular weight is 479 g/mol. The number of piperidine rings is 1. The van der Waals surface area contributed by atoms with Crippen molar-refractivity contribution in [1.29, 1.82) is 0 Å². The molecule has 1 saturated heterocycles. The van der Waals surface area contributed by atoms with Gasteiger partial charge in [-0.2, -0.15) is 4.31 Å². The van der Waals surface area contributed by atoms with E-state index in [-0.39, 0.29) is 10.9 Å². The molecule has 3 aromatic rings. The number of halogens is 1. The van der Waals surface area contributed by atoms with E-state index in [2.05, 4.69) is 15.8 Å². The molecule has 0 radical (unpaired) electrons. The Labute approximate surface area is 190 Å². The van der Waals surface area contributed by atoms with Gasteiger partial charge in [0, 0.05) is 18.2 Å². The molecule has 4 rings (SSSR count). The summed E-state index contributed by atoms with van der Waals surface area (Å²) in [4.78, 5) is 17.1. The second kappa shape index (κ2) is 9.12. The molecule has 0 spiro atoms. The van der Waals surface area contributed by atoms with Crippen LogP contribution in [0.25, 0.3) is 10.2 Å². The third-order valence-electron chi connectivity index (χ3n) is 5.42. The molecule has 0 saturated carbocycles. The van der Waals surface area contributed by atoms with Crippen molar-refractivity contribution >= 4 is 54.2 Å². The standard InChI is InChI=1S/C21H23ClN4O3S2/c1-2-15-6-3-4-13-26(15)31(28,29)16-11-9-14(10-12-16)20(27)24-25-21-23-19-17(22)7-5-8-18(19)30-21/h5,7-12,15H,2-4,6,13H2,1H3,(H,23,25)(H,24,27)/t15-/m1/s1. The highest BCUT2D eigenvalue weighted by Gasteiger charge is 2.32. The first-order chi connectivity index (χ1) is 14.9. The minimum absolute atomic E-state index is 0.0354. The van der Waals surface area contributed by atoms with E-state index in [0.29, 0.717) is 27.8 Å². The average Bonchev–Trinajstić information content (AvgIpc) is 3.22. The zero-order chi connectivity index (χ0) is 22.0. The Morgan fingerprint density at radius 2 is 2.00 bits per heavy atom. The lowest BCUT2D eigenvalue weighted by Gasteiger charge is -2.34. The van der Waals surface area contributed by atoms with Gasteiger partial charge in [-0.1, -0.05) is 42.3 Å². The molecule has 1 aliphatic rings. The molecule has 1 amide bonds. The van der Waals surface area contributed by atoms with Gasteiger partial charge in [0.15, 0.2) is 0 Å². The molecule has 0 bridgehead atoms. The van der Waals surface area contributed by atoms with E-state index in [1.54, 1.807) is 10.4 Å². The minimum atomic E-state index is -3.57. The van der Waals surface area contributed by atoms with Gasteiger partial charge in [-0.25, -0.2) is 13.4 Å². The normalized spacial score (nSPS) is 17.5. The molecule has 1 fully saturated rings. The van der Waals surface area contributed by atoms with Gasteiger partial charge < -0.3 is 0 Å². The fourth-order valence-electron chi connectivity index (χ4n) is 3.76. The molecule has 2 heterocycles. The van der Waals surface area contributed by atoms with Crippen LogP contribution in [0.1, 0.15) is 43.0 Å². The third kappa shape index (κ3) is 4.55. The number of nitrogens with zero attached hydrogens (tertiary/aromatic N) is 2. The summed E-state index contributed by atoms with van der Waals surface area (Å²) in [6, 6.07) is 11.5. The van der Waals surface area contributed by atoms with Crippen molar-refractivity contribution in [2.45, 2.75) is 43.5 Å². The van der Waals surface area contributed by atoms with E-state index >= 15 is 0 Å². The van der Waals surface area contributed by atoms with Gasteiger partial charge in [0.2, 0.25) is 15.2 Å². The molecule has 7 nitrogen and oxygen atoms in total. The van der Waals surface area contributed by atoms with Gasteiger partial charge in [0.1, 0.15) is 5.52 Å². The Kier molecular flexibility index (Phi) is 6.47. The number of rotatable bonds is 6. The number of thiazole rings is 1. The lowest BCUT2D eigenvalue weighted by Crippen LogP contribution is -2.43. The highest BCUT2D eigenvalue weighted by Crippen LogP contribution is 2.30. The van der Waals surface area contributed by atoms with E-state index in [4.69, 9.17) is 11.6 Å². The molecule has 1 atom stereocenters. The van der Waals surface area contributed by atoms with Crippen molar-refractivity contribution in [3.8, 4) is 0 Å². The maximum atomic E-state index is 13.1. The van der Waals surface area contributed by atoms with Gasteiger partial charge in [-0.3, -0.25) is 15.6 Å². The summed E-state index contributed by atoms with van der Waals surface area (Å²) in [5, 5.41) is 1.05. The van der Waals surface area contributed by atoms with Crippen molar-refractivity contribution in [3.05, 3.63) is 53.1 Å². The van der Waals surface area contributed by atoms with E-state index in [0.717, 1.165) is 30.4 Å². The fraction of sp³-hybridized carbons (Fsp3) is 0.333. The first-order valence-corrected chi connectivity index (χ1v) is 12.8. The lowest BCUT2D eigenvalue weighted by molar-refractivity contribution is 0.0962. The highest BCUT2D eigenvalue weighted by molar-refractivity contribution is 7.89. The van der Waals surface area contributed by atoms with Crippen molar-refractivity contribution in [1.82, 2.24) is 14.7 Å². The van der Waals surface area contributed by atoms with Crippen LogP contribution < -0.4 is 10.9 Å². The maximum absolute atomic E-state index is 13.1. The van der Waals surface area contributed by atoms with Crippen LogP contribution in [0.3, 0.4) is 0 Å². The van der Waals surface area contributed by atoms with Gasteiger partial charge in [0.25, 0.3) is 5.91 Å². The molecule has 0 unspecified atom stereocenters. The predicted octanol–water partition coefficient (Wildman–Crippen LogP) is 4.66. The van der Waals surface area contributed by atoms with Crippen LogP contribution in [0.15, 0.2) is 47.4 Å². The number of nitrogens with one attached hydrogen (secondary N) is 2. The predicted molar refractivity (Wildman–Crippen MR) is 124 cm³/mol. The fourth-order valence-corrected chi connectivity index (χ4v) is 6.65. The largest absolute Gasteiger partial charge is 0.273 e. The van der Waals surface area contributed by atoms with E-state index in [1.165, 1.54) is 35.6 Å². The minimum Gasteiger partial charge on any atom is -0.273 e. The van der Waals surface area contributed by atoms with Crippen molar-refractivity contribution in [2.24, 2.45) is 0 Å². The first kappa shape index (κ1) is 22.0.